The van der Waals surface area contributed by atoms with Crippen molar-refractivity contribution >= 4 is 11.9 Å². The molecule has 266 valence electrons. The van der Waals surface area contributed by atoms with Gasteiger partial charge in [0.1, 0.15) is 0 Å². The lowest BCUT2D eigenvalue weighted by Gasteiger charge is -2.60. The SMILES string of the molecule is CCOC(=O)N(C[C@@H]1CC[C@H]2C[C@@H]1C2(C)C)C[C@]1(O)CC[C@H]2c3ccc(cc3C(=O)C3CCCCC3)C[C@@H](O)CCC(C)=CCC[C@@]21C. The number of amides is 1. The Bertz CT molecular complexity index is 1360. The van der Waals surface area contributed by atoms with Gasteiger partial charge in [-0.25, -0.2) is 4.79 Å². The molecule has 0 aromatic heterocycles. The number of ether oxygens (including phenoxy) is 1. The fourth-order valence-electron chi connectivity index (χ4n) is 11.0. The van der Waals surface area contributed by atoms with Crippen molar-refractivity contribution < 1.29 is 24.5 Å². The lowest BCUT2D eigenvalue weighted by molar-refractivity contribution is -0.120. The van der Waals surface area contributed by atoms with Gasteiger partial charge in [-0.3, -0.25) is 4.79 Å². The Labute approximate surface area is 290 Å². The van der Waals surface area contributed by atoms with Crippen molar-refractivity contribution in [3.05, 3.63) is 46.5 Å². The molecule has 0 radical (unpaired) electrons. The van der Waals surface area contributed by atoms with Crippen LogP contribution in [0.1, 0.15) is 152 Å². The Morgan fingerprint density at radius 3 is 2.48 bits per heavy atom. The molecule has 6 nitrogen and oxygen atoms in total. The molecule has 5 saturated carbocycles. The first-order valence-corrected chi connectivity index (χ1v) is 19.5. The minimum atomic E-state index is -1.13. The molecule has 7 aliphatic rings. The third-order valence-corrected chi connectivity index (χ3v) is 14.3. The summed E-state index contributed by atoms with van der Waals surface area (Å²) in [5.74, 6) is 2.07. The van der Waals surface area contributed by atoms with Crippen molar-refractivity contribution in [1.29, 1.82) is 0 Å². The molecule has 0 aliphatic heterocycles. The number of hydrogen-bond donors (Lipinski definition) is 2. The number of aliphatic hydroxyl groups excluding tert-OH is 1. The Hall–Kier alpha value is -2.18. The highest BCUT2D eigenvalue weighted by atomic mass is 16.6. The van der Waals surface area contributed by atoms with Gasteiger partial charge in [-0.05, 0) is 137 Å². The third-order valence-electron chi connectivity index (χ3n) is 14.3. The molecule has 0 spiro atoms. The molecule has 5 fully saturated rings. The molecule has 0 heterocycles. The third kappa shape index (κ3) is 6.78. The Morgan fingerprint density at radius 2 is 1.77 bits per heavy atom. The Kier molecular flexibility index (Phi) is 10.6. The standard InChI is InChI=1S/C42H63NO5/c1-6-48-39(46)43(26-31-16-17-32-25-37(31)40(32,3)4)27-42(47)22-20-36-34-19-15-29(24-35(34)38(45)30-12-8-7-9-13-30)23-33(44)18-14-28(2)11-10-21-41(36,42)5/h11,15,19,24,30-33,36-37,44,47H,6-10,12-14,16-18,20-23,25-27H2,1-5H3/t31-,32-,33-,36-,37-,41-,42+/m0/s1. The molecule has 48 heavy (non-hydrogen) atoms. The molecule has 8 rings (SSSR count). The van der Waals surface area contributed by atoms with E-state index >= 15 is 0 Å². The summed E-state index contributed by atoms with van der Waals surface area (Å²) in [6.07, 6.45) is 15.3. The second kappa shape index (κ2) is 14.2. The van der Waals surface area contributed by atoms with E-state index in [2.05, 4.69) is 52.0 Å². The van der Waals surface area contributed by atoms with Crippen molar-refractivity contribution in [2.24, 2.45) is 34.5 Å². The molecule has 2 N–H and O–H groups in total. The van der Waals surface area contributed by atoms with Crippen molar-refractivity contribution in [3.8, 4) is 0 Å². The highest BCUT2D eigenvalue weighted by molar-refractivity contribution is 5.99. The summed E-state index contributed by atoms with van der Waals surface area (Å²) in [6, 6.07) is 6.35. The van der Waals surface area contributed by atoms with Crippen LogP contribution < -0.4 is 0 Å². The summed E-state index contributed by atoms with van der Waals surface area (Å²) >= 11 is 0. The van der Waals surface area contributed by atoms with E-state index in [1.165, 1.54) is 24.8 Å². The van der Waals surface area contributed by atoms with E-state index in [1.54, 1.807) is 0 Å². The van der Waals surface area contributed by atoms with Gasteiger partial charge in [-0.15, -0.1) is 0 Å². The van der Waals surface area contributed by atoms with E-state index in [0.717, 1.165) is 80.4 Å². The molecule has 6 heteroatoms. The van der Waals surface area contributed by atoms with Crippen molar-refractivity contribution in [2.45, 2.75) is 149 Å². The van der Waals surface area contributed by atoms with Crippen LogP contribution in [0.5, 0.6) is 0 Å². The first-order valence-electron chi connectivity index (χ1n) is 19.5. The van der Waals surface area contributed by atoms with Gasteiger partial charge in [-0.2, -0.15) is 0 Å². The molecule has 7 atom stereocenters. The number of nitrogens with zero attached hydrogens (tertiary/aromatic N) is 1. The number of hydrogen-bond acceptors (Lipinski definition) is 5. The molecule has 1 amide bonds. The van der Waals surface area contributed by atoms with Gasteiger partial charge in [0.05, 0.1) is 24.9 Å². The number of ketones is 1. The van der Waals surface area contributed by atoms with Crippen molar-refractivity contribution in [3.63, 3.8) is 0 Å². The van der Waals surface area contributed by atoms with E-state index in [0.29, 0.717) is 49.7 Å². The highest BCUT2D eigenvalue weighted by Crippen LogP contribution is 2.62. The largest absolute Gasteiger partial charge is 0.450 e. The molecular formula is C42H63NO5. The van der Waals surface area contributed by atoms with Gasteiger partial charge in [0.25, 0.3) is 0 Å². The quantitative estimate of drug-likeness (QED) is 0.225. The van der Waals surface area contributed by atoms with Gasteiger partial charge < -0.3 is 19.8 Å². The zero-order valence-electron chi connectivity index (χ0n) is 30.6. The second-order valence-electron chi connectivity index (χ2n) is 17.4. The van der Waals surface area contributed by atoms with Crippen LogP contribution in [-0.2, 0) is 11.2 Å². The normalized spacial score (nSPS) is 35.1. The number of allylic oxidation sites excluding steroid dienone is 2. The molecule has 0 saturated heterocycles. The molecule has 7 aliphatic carbocycles. The number of fused-ring (bicyclic) bond motifs is 10. The van der Waals surface area contributed by atoms with Gasteiger partial charge in [-0.1, -0.05) is 63.8 Å². The number of carbonyl (C=O) groups excluding carboxylic acids is 2. The fourth-order valence-corrected chi connectivity index (χ4v) is 11.0. The molecular weight excluding hydrogens is 598 g/mol. The van der Waals surface area contributed by atoms with Crippen LogP contribution in [0.25, 0.3) is 0 Å². The molecule has 0 unspecified atom stereocenters. The monoisotopic (exact) mass is 661 g/mol. The summed E-state index contributed by atoms with van der Waals surface area (Å²) in [6.45, 7) is 12.2. The van der Waals surface area contributed by atoms with E-state index in [1.807, 2.05) is 11.8 Å². The topological polar surface area (TPSA) is 87.1 Å². The van der Waals surface area contributed by atoms with E-state index < -0.39 is 17.1 Å². The smallest absolute Gasteiger partial charge is 0.409 e. The predicted octanol–water partition coefficient (Wildman–Crippen LogP) is 9.02. The number of carbonyl (C=O) groups is 2. The van der Waals surface area contributed by atoms with E-state index in [9.17, 15) is 19.8 Å². The Morgan fingerprint density at radius 1 is 1.00 bits per heavy atom. The van der Waals surface area contributed by atoms with Crippen LogP contribution in [-0.4, -0.2) is 58.4 Å². The number of aliphatic hydroxyl groups is 2. The maximum absolute atomic E-state index is 14.4. The van der Waals surface area contributed by atoms with E-state index in [-0.39, 0.29) is 30.3 Å². The van der Waals surface area contributed by atoms with Crippen LogP contribution in [0.4, 0.5) is 4.79 Å². The lowest BCUT2D eigenvalue weighted by atomic mass is 9.45. The second-order valence-corrected chi connectivity index (χ2v) is 17.4. The molecule has 4 bridgehead atoms. The minimum absolute atomic E-state index is 0.0225. The summed E-state index contributed by atoms with van der Waals surface area (Å²) < 4.78 is 5.67. The maximum Gasteiger partial charge on any atom is 0.409 e. The summed E-state index contributed by atoms with van der Waals surface area (Å²) in [5.41, 5.74) is 2.76. The van der Waals surface area contributed by atoms with Gasteiger partial charge >= 0.3 is 6.09 Å². The van der Waals surface area contributed by atoms with Gasteiger partial charge in [0.2, 0.25) is 0 Å². The van der Waals surface area contributed by atoms with Crippen LogP contribution in [0.3, 0.4) is 0 Å². The van der Waals surface area contributed by atoms with Crippen LogP contribution in [0.2, 0.25) is 0 Å². The summed E-state index contributed by atoms with van der Waals surface area (Å²) in [7, 11) is 0. The average Bonchev–Trinajstić information content (AvgIpc) is 3.32. The van der Waals surface area contributed by atoms with Crippen LogP contribution in [0, 0.1) is 34.5 Å². The number of Topliss-reactive ketones (excluding diaryl/α,β-unsaturated/α-hetero) is 1. The number of rotatable bonds is 7. The van der Waals surface area contributed by atoms with Crippen LogP contribution in [0.15, 0.2) is 29.8 Å². The summed E-state index contributed by atoms with van der Waals surface area (Å²) in [4.78, 5) is 29.9. The van der Waals surface area contributed by atoms with Crippen LogP contribution >= 0.6 is 0 Å². The van der Waals surface area contributed by atoms with Gasteiger partial charge in [0.15, 0.2) is 5.78 Å². The van der Waals surface area contributed by atoms with Crippen molar-refractivity contribution in [2.75, 3.05) is 19.7 Å². The maximum atomic E-state index is 14.4. The van der Waals surface area contributed by atoms with Crippen molar-refractivity contribution in [1.82, 2.24) is 4.90 Å². The Balaban J connectivity index is 1.36. The zero-order chi connectivity index (χ0) is 34.3. The molecule has 1 aromatic carbocycles. The highest BCUT2D eigenvalue weighted by Gasteiger charge is 2.59. The first kappa shape index (κ1) is 35.6. The summed E-state index contributed by atoms with van der Waals surface area (Å²) in [5, 5.41) is 23.9. The van der Waals surface area contributed by atoms with E-state index in [4.69, 9.17) is 4.74 Å². The average molecular weight is 662 g/mol. The molecule has 1 aromatic rings. The fraction of sp³-hybridized carbons (Fsp3) is 0.762. The lowest BCUT2D eigenvalue weighted by Crippen LogP contribution is -2.58. The number of benzene rings is 1. The zero-order valence-corrected chi connectivity index (χ0v) is 30.6. The first-order chi connectivity index (χ1) is 22.9. The predicted molar refractivity (Wildman–Crippen MR) is 191 cm³/mol. The van der Waals surface area contributed by atoms with Gasteiger partial charge in [0, 0.05) is 23.4 Å². The minimum Gasteiger partial charge on any atom is -0.450 e.